The zero-order chi connectivity index (χ0) is 27.2. The zero-order valence-corrected chi connectivity index (χ0v) is 23.1. The van der Waals surface area contributed by atoms with Crippen molar-refractivity contribution in [2.45, 2.75) is 64.0 Å². The lowest BCUT2D eigenvalue weighted by atomic mass is 9.77. The molecule has 2 aliphatic rings. The molecule has 38 heavy (non-hydrogen) atoms. The number of carbonyl (C=O) groups is 2. The van der Waals surface area contributed by atoms with Crippen molar-refractivity contribution in [2.24, 2.45) is 5.92 Å². The first-order valence-electron chi connectivity index (χ1n) is 12.9. The van der Waals surface area contributed by atoms with E-state index in [0.717, 1.165) is 27.3 Å². The number of carbonyl (C=O) groups excluding carboxylic acids is 2. The van der Waals surface area contributed by atoms with E-state index in [1.165, 1.54) is 7.11 Å². The Kier molecular flexibility index (Phi) is 7.00. The number of hydrogen-bond donors (Lipinski definition) is 1. The molecule has 1 aliphatic carbocycles. The molecule has 1 aromatic carbocycles. The summed E-state index contributed by atoms with van der Waals surface area (Å²) >= 11 is 1.60. The van der Waals surface area contributed by atoms with Crippen LogP contribution in [0.15, 0.2) is 52.0 Å². The van der Waals surface area contributed by atoms with Gasteiger partial charge in [0.1, 0.15) is 5.92 Å². The molecule has 200 valence electrons. The van der Waals surface area contributed by atoms with Gasteiger partial charge in [0, 0.05) is 12.6 Å². The number of β-amino-alcohol motifs (C(OH)–C–C–N with tert-alkyl or cyclic N) is 1. The smallest absolute Gasteiger partial charge is 0.254 e. The molecule has 9 heteroatoms. The fourth-order valence-electron chi connectivity index (χ4n) is 5.74. The van der Waals surface area contributed by atoms with Crippen LogP contribution in [0.5, 0.6) is 5.88 Å². The average Bonchev–Trinajstić information content (AvgIpc) is 3.67. The van der Waals surface area contributed by atoms with Gasteiger partial charge in [0.05, 0.1) is 40.8 Å². The van der Waals surface area contributed by atoms with Crippen molar-refractivity contribution in [3.05, 3.63) is 64.5 Å². The van der Waals surface area contributed by atoms with Gasteiger partial charge in [0.15, 0.2) is 11.5 Å². The second-order valence-electron chi connectivity index (χ2n) is 10.8. The SMILES string of the molecule is COc1cc([C@@H](C(=O)N2C[C@H](O)C[C@@H]2C2=CC(=O)[C@@](C)(c3ccc(-c4scnc4C)cc3)C2)C(C)C)on1. The highest BCUT2D eigenvalue weighted by molar-refractivity contribution is 7.13. The Morgan fingerprint density at radius 2 is 2.03 bits per heavy atom. The summed E-state index contributed by atoms with van der Waals surface area (Å²) in [6, 6.07) is 9.40. The number of methoxy groups -OCH3 is 1. The molecule has 0 spiro atoms. The van der Waals surface area contributed by atoms with Crippen LogP contribution < -0.4 is 4.74 Å². The highest BCUT2D eigenvalue weighted by Gasteiger charge is 2.47. The van der Waals surface area contributed by atoms with Gasteiger partial charge in [-0.2, -0.15) is 0 Å². The minimum atomic E-state index is -0.728. The van der Waals surface area contributed by atoms with Crippen molar-refractivity contribution in [3.8, 4) is 16.3 Å². The topological polar surface area (TPSA) is 106 Å². The number of benzene rings is 1. The summed E-state index contributed by atoms with van der Waals surface area (Å²) in [5, 5.41) is 14.5. The van der Waals surface area contributed by atoms with Crippen molar-refractivity contribution >= 4 is 23.0 Å². The maximum Gasteiger partial charge on any atom is 0.254 e. The Morgan fingerprint density at radius 1 is 1.29 bits per heavy atom. The highest BCUT2D eigenvalue weighted by atomic mass is 32.1. The van der Waals surface area contributed by atoms with E-state index in [4.69, 9.17) is 9.26 Å². The third-order valence-corrected chi connectivity index (χ3v) is 8.87. The minimum Gasteiger partial charge on any atom is -0.479 e. The molecule has 0 unspecified atom stereocenters. The fourth-order valence-corrected chi connectivity index (χ4v) is 6.55. The molecule has 0 radical (unpaired) electrons. The number of aromatic nitrogens is 2. The van der Waals surface area contributed by atoms with E-state index >= 15 is 0 Å². The number of aliphatic hydroxyl groups is 1. The van der Waals surface area contributed by atoms with Crippen molar-refractivity contribution < 1.29 is 24.0 Å². The summed E-state index contributed by atoms with van der Waals surface area (Å²) in [5.74, 6) is -0.0304. The monoisotopic (exact) mass is 535 g/mol. The van der Waals surface area contributed by atoms with Gasteiger partial charge in [-0.05, 0) is 60.5 Å². The number of likely N-dealkylation sites (tertiary alicyclic amines) is 1. The summed E-state index contributed by atoms with van der Waals surface area (Å²) in [7, 11) is 1.50. The van der Waals surface area contributed by atoms with Crippen molar-refractivity contribution in [2.75, 3.05) is 13.7 Å². The Labute approximate surface area is 226 Å². The maximum absolute atomic E-state index is 13.9. The maximum atomic E-state index is 13.9. The lowest BCUT2D eigenvalue weighted by Crippen LogP contribution is -2.41. The number of allylic oxidation sites excluding steroid dienone is 1. The van der Waals surface area contributed by atoms with E-state index in [2.05, 4.69) is 10.1 Å². The quantitative estimate of drug-likeness (QED) is 0.469. The summed E-state index contributed by atoms with van der Waals surface area (Å²) in [6.45, 7) is 8.06. The van der Waals surface area contributed by atoms with Gasteiger partial charge in [0.25, 0.3) is 5.88 Å². The molecular weight excluding hydrogens is 502 g/mol. The van der Waals surface area contributed by atoms with E-state index in [1.54, 1.807) is 28.4 Å². The minimum absolute atomic E-state index is 0.0170. The molecule has 1 amide bonds. The number of aryl methyl sites for hydroxylation is 1. The summed E-state index contributed by atoms with van der Waals surface area (Å²) in [4.78, 5) is 34.4. The Bertz CT molecular complexity index is 1370. The highest BCUT2D eigenvalue weighted by Crippen LogP contribution is 2.43. The summed E-state index contributed by atoms with van der Waals surface area (Å²) in [5.41, 5.74) is 4.99. The summed E-state index contributed by atoms with van der Waals surface area (Å²) in [6.07, 6.45) is 1.92. The number of amides is 1. The Morgan fingerprint density at radius 3 is 2.63 bits per heavy atom. The lowest BCUT2D eigenvalue weighted by Gasteiger charge is -2.31. The number of rotatable bonds is 7. The van der Waals surface area contributed by atoms with Gasteiger partial charge < -0.3 is 19.3 Å². The van der Waals surface area contributed by atoms with Gasteiger partial charge in [-0.3, -0.25) is 9.59 Å². The van der Waals surface area contributed by atoms with Crippen LogP contribution in [0, 0.1) is 12.8 Å². The zero-order valence-electron chi connectivity index (χ0n) is 22.3. The predicted molar refractivity (Wildman–Crippen MR) is 144 cm³/mol. The van der Waals surface area contributed by atoms with Gasteiger partial charge in [0.2, 0.25) is 5.91 Å². The predicted octanol–water partition coefficient (Wildman–Crippen LogP) is 4.67. The van der Waals surface area contributed by atoms with Crippen molar-refractivity contribution in [1.82, 2.24) is 15.0 Å². The standard InChI is InChI=1S/C29H33N3O5S/c1-16(2)26(23-12-25(36-5)31-37-23)28(35)32-14-21(33)11-22(32)19-10-24(34)29(4,13-19)20-8-6-18(7-9-20)27-17(3)30-15-38-27/h6-10,12,15-16,21-22,26,33H,11,13-14H2,1-5H3/t21-,22-,26+,29-/m1/s1. The molecule has 1 aliphatic heterocycles. The molecule has 5 rings (SSSR count). The van der Waals surface area contributed by atoms with E-state index in [-0.39, 0.29) is 30.2 Å². The van der Waals surface area contributed by atoms with E-state index in [0.29, 0.717) is 24.5 Å². The normalized spacial score (nSPS) is 24.2. The van der Waals surface area contributed by atoms with Gasteiger partial charge in [-0.15, -0.1) is 11.3 Å². The third-order valence-electron chi connectivity index (χ3n) is 7.89. The third kappa shape index (κ3) is 4.58. The average molecular weight is 536 g/mol. The molecule has 0 saturated carbocycles. The number of ether oxygens (including phenoxy) is 1. The Balaban J connectivity index is 1.39. The first-order chi connectivity index (χ1) is 18.1. The van der Waals surface area contributed by atoms with E-state index in [9.17, 15) is 14.7 Å². The molecule has 3 heterocycles. The molecule has 4 atom stereocenters. The van der Waals surface area contributed by atoms with Gasteiger partial charge >= 0.3 is 0 Å². The number of aliphatic hydroxyl groups excluding tert-OH is 1. The molecule has 8 nitrogen and oxygen atoms in total. The first-order valence-corrected chi connectivity index (χ1v) is 13.8. The lowest BCUT2D eigenvalue weighted by molar-refractivity contribution is -0.135. The second-order valence-corrected chi connectivity index (χ2v) is 11.7. The van der Waals surface area contributed by atoms with Crippen LogP contribution in [0.4, 0.5) is 0 Å². The van der Waals surface area contributed by atoms with Crippen LogP contribution >= 0.6 is 11.3 Å². The van der Waals surface area contributed by atoms with E-state index in [1.807, 2.05) is 57.5 Å². The first kappa shape index (κ1) is 26.3. The Hall–Kier alpha value is -3.30. The molecular formula is C29H33N3O5S. The van der Waals surface area contributed by atoms with Crippen LogP contribution in [0.2, 0.25) is 0 Å². The molecule has 1 N–H and O–H groups in total. The van der Waals surface area contributed by atoms with Crippen LogP contribution in [-0.4, -0.2) is 57.6 Å². The van der Waals surface area contributed by atoms with Crippen LogP contribution in [0.25, 0.3) is 10.4 Å². The summed E-state index contributed by atoms with van der Waals surface area (Å²) < 4.78 is 10.6. The largest absolute Gasteiger partial charge is 0.479 e. The van der Waals surface area contributed by atoms with Crippen LogP contribution in [0.1, 0.15) is 56.5 Å². The molecule has 1 fully saturated rings. The number of ketones is 1. The number of nitrogens with zero attached hydrogens (tertiary/aromatic N) is 3. The number of hydrogen-bond acceptors (Lipinski definition) is 8. The fraction of sp³-hybridized carbons (Fsp3) is 0.448. The van der Waals surface area contributed by atoms with Crippen molar-refractivity contribution in [1.29, 1.82) is 0 Å². The van der Waals surface area contributed by atoms with Gasteiger partial charge in [-0.25, -0.2) is 4.98 Å². The van der Waals surface area contributed by atoms with Crippen molar-refractivity contribution in [3.63, 3.8) is 0 Å². The van der Waals surface area contributed by atoms with Crippen LogP contribution in [-0.2, 0) is 15.0 Å². The van der Waals surface area contributed by atoms with Gasteiger partial charge in [-0.1, -0.05) is 38.1 Å². The van der Waals surface area contributed by atoms with E-state index < -0.39 is 17.4 Å². The molecule has 0 bridgehead atoms. The number of thiazole rings is 1. The molecule has 1 saturated heterocycles. The molecule has 3 aromatic rings. The second kappa shape index (κ2) is 10.1. The van der Waals surface area contributed by atoms with Crippen LogP contribution in [0.3, 0.4) is 0 Å². The molecule has 2 aromatic heterocycles.